The van der Waals surface area contributed by atoms with Gasteiger partial charge in [-0.3, -0.25) is 0 Å². The van der Waals surface area contributed by atoms with Crippen LogP contribution >= 0.6 is 0 Å². The lowest BCUT2D eigenvalue weighted by atomic mass is 9.77. The van der Waals surface area contributed by atoms with Gasteiger partial charge in [0.05, 0.1) is 0 Å². The molecule has 62 valence electrons. The van der Waals surface area contributed by atoms with Gasteiger partial charge in [-0.2, -0.15) is 0 Å². The van der Waals surface area contributed by atoms with Gasteiger partial charge in [-0.25, -0.2) is 0 Å². The van der Waals surface area contributed by atoms with E-state index in [-0.39, 0.29) is 0 Å². The summed E-state index contributed by atoms with van der Waals surface area (Å²) in [5.74, 6) is 1.75. The Balaban J connectivity index is 0.000000371. The summed E-state index contributed by atoms with van der Waals surface area (Å²) < 4.78 is 0. The van der Waals surface area contributed by atoms with Crippen LogP contribution in [0.1, 0.15) is 40.0 Å². The van der Waals surface area contributed by atoms with Crippen LogP contribution in [0.3, 0.4) is 0 Å². The minimum absolute atomic E-state index is 0.781. The Labute approximate surface area is 65.0 Å². The number of rotatable bonds is 2. The topological polar surface area (TPSA) is 26.0 Å². The highest BCUT2D eigenvalue weighted by Gasteiger charge is 2.22. The molecule has 0 heterocycles. The molecular formula is C9H21N. The van der Waals surface area contributed by atoms with Crippen LogP contribution in [-0.2, 0) is 0 Å². The molecule has 0 spiro atoms. The molecule has 1 aliphatic rings. The van der Waals surface area contributed by atoms with Crippen LogP contribution in [0.15, 0.2) is 0 Å². The second-order valence-corrected chi connectivity index (χ2v) is 2.90. The first-order valence-electron chi connectivity index (χ1n) is 4.54. The zero-order valence-electron chi connectivity index (χ0n) is 7.56. The molecule has 1 atom stereocenters. The Morgan fingerprint density at radius 3 is 2.00 bits per heavy atom. The Morgan fingerprint density at radius 1 is 1.40 bits per heavy atom. The summed E-state index contributed by atoms with van der Waals surface area (Å²) in [6.45, 7) is 7.13. The second kappa shape index (κ2) is 5.72. The third-order valence-corrected chi connectivity index (χ3v) is 2.33. The van der Waals surface area contributed by atoms with Crippen molar-refractivity contribution in [1.29, 1.82) is 0 Å². The minimum atomic E-state index is 0.781. The summed E-state index contributed by atoms with van der Waals surface area (Å²) in [4.78, 5) is 0. The van der Waals surface area contributed by atoms with Crippen LogP contribution in [0, 0.1) is 11.8 Å². The highest BCUT2D eigenvalue weighted by Crippen LogP contribution is 2.32. The zero-order chi connectivity index (χ0) is 7.98. The average molecular weight is 143 g/mol. The van der Waals surface area contributed by atoms with Gasteiger partial charge >= 0.3 is 0 Å². The molecule has 0 aromatic carbocycles. The van der Waals surface area contributed by atoms with E-state index in [2.05, 4.69) is 6.92 Å². The van der Waals surface area contributed by atoms with E-state index in [9.17, 15) is 0 Å². The van der Waals surface area contributed by atoms with Gasteiger partial charge in [0.25, 0.3) is 0 Å². The zero-order valence-corrected chi connectivity index (χ0v) is 7.56. The lowest BCUT2D eigenvalue weighted by Crippen LogP contribution is -2.25. The van der Waals surface area contributed by atoms with E-state index in [1.54, 1.807) is 0 Å². The van der Waals surface area contributed by atoms with Crippen molar-refractivity contribution in [3.8, 4) is 0 Å². The number of nitrogens with two attached hydrogens (primary N) is 1. The van der Waals surface area contributed by atoms with Gasteiger partial charge in [-0.1, -0.05) is 40.0 Å². The third kappa shape index (κ3) is 2.70. The summed E-state index contributed by atoms with van der Waals surface area (Å²) in [7, 11) is 0. The summed E-state index contributed by atoms with van der Waals surface area (Å²) in [6, 6.07) is 0. The molecular weight excluding hydrogens is 122 g/mol. The second-order valence-electron chi connectivity index (χ2n) is 2.90. The van der Waals surface area contributed by atoms with E-state index < -0.39 is 0 Å². The van der Waals surface area contributed by atoms with Crippen molar-refractivity contribution >= 4 is 0 Å². The van der Waals surface area contributed by atoms with Crippen LogP contribution in [0.2, 0.25) is 0 Å². The first-order chi connectivity index (χ1) is 4.84. The van der Waals surface area contributed by atoms with Gasteiger partial charge < -0.3 is 5.73 Å². The van der Waals surface area contributed by atoms with Crippen LogP contribution in [-0.4, -0.2) is 6.54 Å². The quantitative estimate of drug-likeness (QED) is 0.631. The van der Waals surface area contributed by atoms with Crippen molar-refractivity contribution in [2.75, 3.05) is 6.54 Å². The van der Waals surface area contributed by atoms with E-state index in [1.807, 2.05) is 13.8 Å². The third-order valence-electron chi connectivity index (χ3n) is 2.33. The predicted molar refractivity (Wildman–Crippen MR) is 46.9 cm³/mol. The summed E-state index contributed by atoms with van der Waals surface area (Å²) in [6.07, 6.45) is 4.30. The summed E-state index contributed by atoms with van der Waals surface area (Å²) in [5, 5.41) is 0. The van der Waals surface area contributed by atoms with E-state index in [0.717, 1.165) is 18.4 Å². The first-order valence-corrected chi connectivity index (χ1v) is 4.54. The predicted octanol–water partition coefficient (Wildman–Crippen LogP) is 2.41. The van der Waals surface area contributed by atoms with Gasteiger partial charge in [0.1, 0.15) is 0 Å². The molecule has 1 fully saturated rings. The molecule has 1 rings (SSSR count). The molecule has 0 aromatic heterocycles. The Morgan fingerprint density at radius 2 is 1.90 bits per heavy atom. The maximum atomic E-state index is 5.48. The molecule has 0 amide bonds. The van der Waals surface area contributed by atoms with Gasteiger partial charge in [0.15, 0.2) is 0 Å². The fraction of sp³-hybridized carbons (Fsp3) is 1.00. The summed E-state index contributed by atoms with van der Waals surface area (Å²) in [5.41, 5.74) is 5.48. The average Bonchev–Trinajstić information content (AvgIpc) is 1.89. The molecule has 0 saturated heterocycles. The Kier molecular flexibility index (Phi) is 5.70. The Bertz CT molecular complexity index is 64.4. The minimum Gasteiger partial charge on any atom is -0.330 e. The molecule has 0 aliphatic heterocycles. The summed E-state index contributed by atoms with van der Waals surface area (Å²) >= 11 is 0. The monoisotopic (exact) mass is 143 g/mol. The molecule has 2 N–H and O–H groups in total. The molecule has 0 bridgehead atoms. The lowest BCUT2D eigenvalue weighted by molar-refractivity contribution is 0.225. The van der Waals surface area contributed by atoms with E-state index in [0.29, 0.717) is 0 Å². The van der Waals surface area contributed by atoms with Crippen LogP contribution in [0.25, 0.3) is 0 Å². The van der Waals surface area contributed by atoms with Crippen molar-refractivity contribution in [2.24, 2.45) is 17.6 Å². The molecule has 1 unspecified atom stereocenters. The largest absolute Gasteiger partial charge is 0.330 e. The number of hydrogen-bond donors (Lipinski definition) is 1. The maximum Gasteiger partial charge on any atom is -0.00489 e. The first kappa shape index (κ1) is 9.96. The van der Waals surface area contributed by atoms with E-state index in [4.69, 9.17) is 5.73 Å². The molecule has 1 saturated carbocycles. The standard InChI is InChI=1S/C7H15N.C2H6/c1-6(5-8)7-3-2-4-7;1-2/h6-7H,2-5,8H2,1H3;1-2H3. The highest BCUT2D eigenvalue weighted by atomic mass is 14.6. The lowest BCUT2D eigenvalue weighted by Gasteiger charge is -2.30. The fourth-order valence-electron chi connectivity index (χ4n) is 1.20. The van der Waals surface area contributed by atoms with Crippen molar-refractivity contribution in [3.05, 3.63) is 0 Å². The van der Waals surface area contributed by atoms with Gasteiger partial charge in [-0.05, 0) is 18.4 Å². The van der Waals surface area contributed by atoms with Crippen LogP contribution in [0.4, 0.5) is 0 Å². The maximum absolute atomic E-state index is 5.48. The molecule has 10 heavy (non-hydrogen) atoms. The smallest absolute Gasteiger partial charge is 0.00489 e. The van der Waals surface area contributed by atoms with E-state index >= 15 is 0 Å². The van der Waals surface area contributed by atoms with Crippen molar-refractivity contribution < 1.29 is 0 Å². The normalized spacial score (nSPS) is 20.4. The van der Waals surface area contributed by atoms with Crippen molar-refractivity contribution in [3.63, 3.8) is 0 Å². The molecule has 0 aromatic rings. The van der Waals surface area contributed by atoms with Gasteiger partial charge in [-0.15, -0.1) is 0 Å². The SMILES string of the molecule is CC.CC(CN)C1CCC1. The highest BCUT2D eigenvalue weighted by molar-refractivity contribution is 4.74. The number of hydrogen-bond acceptors (Lipinski definition) is 1. The molecule has 1 heteroatoms. The fourth-order valence-corrected chi connectivity index (χ4v) is 1.20. The van der Waals surface area contributed by atoms with Crippen molar-refractivity contribution in [2.45, 2.75) is 40.0 Å². The van der Waals surface area contributed by atoms with Crippen molar-refractivity contribution in [1.82, 2.24) is 0 Å². The molecule has 1 nitrogen and oxygen atoms in total. The van der Waals surface area contributed by atoms with Crippen LogP contribution in [0.5, 0.6) is 0 Å². The van der Waals surface area contributed by atoms with Gasteiger partial charge in [0, 0.05) is 0 Å². The molecule has 1 aliphatic carbocycles. The van der Waals surface area contributed by atoms with E-state index in [1.165, 1.54) is 19.3 Å². The van der Waals surface area contributed by atoms with Gasteiger partial charge in [0.2, 0.25) is 0 Å². The van der Waals surface area contributed by atoms with Crippen LogP contribution < -0.4 is 5.73 Å². The molecule has 0 radical (unpaired) electrons. The Hall–Kier alpha value is -0.0400.